The molecule has 120 valence electrons. The minimum atomic E-state index is 0.729. The number of likely N-dealkylation sites (N-methyl/N-ethyl adjacent to an activating group) is 1. The van der Waals surface area contributed by atoms with Gasteiger partial charge in [0.25, 0.3) is 0 Å². The molecule has 0 aliphatic carbocycles. The third kappa shape index (κ3) is 8.41. The average molecular weight is 359 g/mol. The van der Waals surface area contributed by atoms with Crippen molar-refractivity contribution in [1.82, 2.24) is 10.2 Å². The van der Waals surface area contributed by atoms with Crippen LogP contribution in [-0.4, -0.2) is 51.9 Å². The summed E-state index contributed by atoms with van der Waals surface area (Å²) in [4.78, 5) is 2.12. The van der Waals surface area contributed by atoms with E-state index in [2.05, 4.69) is 39.1 Å². The third-order valence-electron chi connectivity index (χ3n) is 2.91. The molecule has 0 radical (unpaired) electrons. The maximum Gasteiger partial charge on any atom is 0.123 e. The van der Waals surface area contributed by atoms with Crippen LogP contribution in [0.4, 0.5) is 0 Å². The van der Waals surface area contributed by atoms with E-state index in [4.69, 9.17) is 9.47 Å². The molecule has 4 nitrogen and oxygen atoms in total. The van der Waals surface area contributed by atoms with Crippen LogP contribution in [0.1, 0.15) is 18.9 Å². The summed E-state index contributed by atoms with van der Waals surface area (Å²) in [7, 11) is 4.10. The first kappa shape index (κ1) is 18.4. The van der Waals surface area contributed by atoms with Crippen molar-refractivity contribution in [2.24, 2.45) is 0 Å². The predicted molar refractivity (Wildman–Crippen MR) is 91.0 cm³/mol. The fraction of sp³-hybridized carbons (Fsp3) is 0.625. The SMILES string of the molecule is CCCOc1ccc(Br)cc1CNCCOCCN(C)C. The minimum Gasteiger partial charge on any atom is -0.493 e. The molecule has 0 unspecified atom stereocenters. The lowest BCUT2D eigenvalue weighted by Crippen LogP contribution is -2.23. The molecule has 0 aliphatic rings. The zero-order chi connectivity index (χ0) is 15.5. The van der Waals surface area contributed by atoms with Crippen LogP contribution in [0.25, 0.3) is 0 Å². The zero-order valence-corrected chi connectivity index (χ0v) is 14.9. The molecular weight excluding hydrogens is 332 g/mol. The van der Waals surface area contributed by atoms with Crippen LogP contribution in [0.3, 0.4) is 0 Å². The molecule has 0 saturated heterocycles. The highest BCUT2D eigenvalue weighted by molar-refractivity contribution is 9.10. The van der Waals surface area contributed by atoms with Crippen LogP contribution < -0.4 is 10.1 Å². The lowest BCUT2D eigenvalue weighted by Gasteiger charge is -2.13. The molecule has 1 N–H and O–H groups in total. The molecule has 1 rings (SSSR count). The summed E-state index contributed by atoms with van der Waals surface area (Å²) in [5, 5.41) is 3.39. The Kier molecular flexibility index (Phi) is 9.67. The van der Waals surface area contributed by atoms with Gasteiger partial charge in [-0.25, -0.2) is 0 Å². The number of benzene rings is 1. The molecule has 0 fully saturated rings. The molecule has 0 aliphatic heterocycles. The molecular formula is C16H27BrN2O2. The number of nitrogens with zero attached hydrogens (tertiary/aromatic N) is 1. The van der Waals surface area contributed by atoms with Crippen molar-refractivity contribution in [3.63, 3.8) is 0 Å². The number of hydrogen-bond acceptors (Lipinski definition) is 4. The average Bonchev–Trinajstić information content (AvgIpc) is 2.45. The van der Waals surface area contributed by atoms with E-state index >= 15 is 0 Å². The van der Waals surface area contributed by atoms with Gasteiger partial charge < -0.3 is 19.7 Å². The van der Waals surface area contributed by atoms with E-state index in [0.717, 1.165) is 56.1 Å². The smallest absolute Gasteiger partial charge is 0.123 e. The maximum absolute atomic E-state index is 5.77. The van der Waals surface area contributed by atoms with E-state index in [9.17, 15) is 0 Å². The number of rotatable bonds is 11. The standard InChI is InChI=1S/C16H27BrN2O2/c1-4-9-21-16-6-5-15(17)12-14(16)13-18-7-10-20-11-8-19(2)3/h5-6,12,18H,4,7-11,13H2,1-3H3. The van der Waals surface area contributed by atoms with Crippen molar-refractivity contribution in [3.8, 4) is 5.75 Å². The Morgan fingerprint density at radius 3 is 2.71 bits per heavy atom. The fourth-order valence-electron chi connectivity index (χ4n) is 1.76. The molecule has 0 heterocycles. The summed E-state index contributed by atoms with van der Waals surface area (Å²) in [5.41, 5.74) is 1.17. The summed E-state index contributed by atoms with van der Waals surface area (Å²) in [6, 6.07) is 6.13. The highest BCUT2D eigenvalue weighted by Crippen LogP contribution is 2.23. The van der Waals surface area contributed by atoms with Gasteiger partial charge >= 0.3 is 0 Å². The Bertz CT molecular complexity index is 400. The van der Waals surface area contributed by atoms with Gasteiger partial charge in [0.1, 0.15) is 5.75 Å². The van der Waals surface area contributed by atoms with Crippen molar-refractivity contribution in [3.05, 3.63) is 28.2 Å². The lowest BCUT2D eigenvalue weighted by molar-refractivity contribution is 0.119. The van der Waals surface area contributed by atoms with Gasteiger partial charge in [0.2, 0.25) is 0 Å². The quantitative estimate of drug-likeness (QED) is 0.616. The fourth-order valence-corrected chi connectivity index (χ4v) is 2.16. The summed E-state index contributed by atoms with van der Waals surface area (Å²) in [6.07, 6.45) is 1.02. The molecule has 0 amide bonds. The van der Waals surface area contributed by atoms with E-state index in [-0.39, 0.29) is 0 Å². The second kappa shape index (κ2) is 11.0. The number of halogens is 1. The van der Waals surface area contributed by atoms with Crippen LogP contribution in [-0.2, 0) is 11.3 Å². The Morgan fingerprint density at radius 1 is 1.19 bits per heavy atom. The second-order valence-corrected chi connectivity index (χ2v) is 6.11. The van der Waals surface area contributed by atoms with E-state index in [1.165, 1.54) is 5.56 Å². The lowest BCUT2D eigenvalue weighted by atomic mass is 10.2. The minimum absolute atomic E-state index is 0.729. The van der Waals surface area contributed by atoms with Crippen molar-refractivity contribution >= 4 is 15.9 Å². The monoisotopic (exact) mass is 358 g/mol. The van der Waals surface area contributed by atoms with Crippen LogP contribution in [0.2, 0.25) is 0 Å². The molecule has 21 heavy (non-hydrogen) atoms. The van der Waals surface area contributed by atoms with Gasteiger partial charge in [0.05, 0.1) is 19.8 Å². The van der Waals surface area contributed by atoms with Gasteiger partial charge in [0.15, 0.2) is 0 Å². The van der Waals surface area contributed by atoms with Crippen LogP contribution in [0, 0.1) is 0 Å². The second-order valence-electron chi connectivity index (χ2n) is 5.19. The van der Waals surface area contributed by atoms with Crippen molar-refractivity contribution < 1.29 is 9.47 Å². The summed E-state index contributed by atoms with van der Waals surface area (Å²) in [5.74, 6) is 0.959. The first-order valence-corrected chi connectivity index (χ1v) is 8.27. The molecule has 0 aromatic heterocycles. The van der Waals surface area contributed by atoms with E-state index in [0.29, 0.717) is 0 Å². The van der Waals surface area contributed by atoms with Crippen LogP contribution in [0.5, 0.6) is 5.75 Å². The van der Waals surface area contributed by atoms with Gasteiger partial charge in [-0.05, 0) is 38.7 Å². The molecule has 0 bridgehead atoms. The van der Waals surface area contributed by atoms with E-state index < -0.39 is 0 Å². The van der Waals surface area contributed by atoms with E-state index in [1.807, 2.05) is 26.2 Å². The first-order valence-electron chi connectivity index (χ1n) is 7.48. The molecule has 1 aromatic rings. The molecule has 0 atom stereocenters. The third-order valence-corrected chi connectivity index (χ3v) is 3.40. The zero-order valence-electron chi connectivity index (χ0n) is 13.3. The predicted octanol–water partition coefficient (Wildman–Crippen LogP) is 2.91. The topological polar surface area (TPSA) is 33.7 Å². The van der Waals surface area contributed by atoms with Crippen molar-refractivity contribution in [2.75, 3.05) is 47.0 Å². The van der Waals surface area contributed by atoms with Gasteiger partial charge in [0, 0.05) is 29.7 Å². The highest BCUT2D eigenvalue weighted by Gasteiger charge is 2.04. The maximum atomic E-state index is 5.77. The Balaban J connectivity index is 2.28. The van der Waals surface area contributed by atoms with Crippen LogP contribution >= 0.6 is 15.9 Å². The van der Waals surface area contributed by atoms with Gasteiger partial charge in [-0.2, -0.15) is 0 Å². The van der Waals surface area contributed by atoms with Gasteiger partial charge in [-0.1, -0.05) is 22.9 Å². The van der Waals surface area contributed by atoms with E-state index in [1.54, 1.807) is 0 Å². The molecule has 0 spiro atoms. The Morgan fingerprint density at radius 2 is 2.00 bits per heavy atom. The largest absolute Gasteiger partial charge is 0.493 e. The first-order chi connectivity index (χ1) is 10.1. The summed E-state index contributed by atoms with van der Waals surface area (Å²) in [6.45, 7) is 6.96. The Hall–Kier alpha value is -0.620. The van der Waals surface area contributed by atoms with Crippen LogP contribution in [0.15, 0.2) is 22.7 Å². The summed E-state index contributed by atoms with van der Waals surface area (Å²) < 4.78 is 12.4. The normalized spacial score (nSPS) is 11.1. The Labute approximate surface area is 136 Å². The number of hydrogen-bond donors (Lipinski definition) is 1. The summed E-state index contributed by atoms with van der Waals surface area (Å²) >= 11 is 3.51. The molecule has 5 heteroatoms. The van der Waals surface area contributed by atoms with Crippen molar-refractivity contribution in [2.45, 2.75) is 19.9 Å². The highest BCUT2D eigenvalue weighted by atomic mass is 79.9. The molecule has 1 aromatic carbocycles. The van der Waals surface area contributed by atoms with Gasteiger partial charge in [-0.15, -0.1) is 0 Å². The molecule has 0 saturated carbocycles. The van der Waals surface area contributed by atoms with Crippen molar-refractivity contribution in [1.29, 1.82) is 0 Å². The number of ether oxygens (including phenoxy) is 2. The van der Waals surface area contributed by atoms with Gasteiger partial charge in [-0.3, -0.25) is 0 Å². The number of nitrogens with one attached hydrogen (secondary N) is 1.